The van der Waals surface area contributed by atoms with Gasteiger partial charge in [0, 0.05) is 23.7 Å². The number of rotatable bonds is 8. The van der Waals surface area contributed by atoms with E-state index in [0.717, 1.165) is 5.56 Å². The van der Waals surface area contributed by atoms with E-state index in [1.54, 1.807) is 24.3 Å². The number of aliphatic hydroxyl groups excluding tert-OH is 2. The first-order chi connectivity index (χ1) is 11.1. The van der Waals surface area contributed by atoms with Crippen molar-refractivity contribution in [3.05, 3.63) is 64.4 Å². The molecule has 6 heteroatoms. The minimum absolute atomic E-state index is 0.0541. The Balaban J connectivity index is 1.86. The first kappa shape index (κ1) is 17.7. The van der Waals surface area contributed by atoms with E-state index >= 15 is 0 Å². The molecule has 124 valence electrons. The van der Waals surface area contributed by atoms with Crippen molar-refractivity contribution >= 4 is 11.6 Å². The van der Waals surface area contributed by atoms with E-state index in [2.05, 4.69) is 5.32 Å². The maximum Gasteiger partial charge on any atom is 0.165 e. The Hall–Kier alpha value is -1.66. The fourth-order valence-corrected chi connectivity index (χ4v) is 2.40. The molecule has 3 N–H and O–H groups in total. The summed E-state index contributed by atoms with van der Waals surface area (Å²) in [5.74, 6) is -0.372. The lowest BCUT2D eigenvalue weighted by molar-refractivity contribution is 0.174. The smallest absolute Gasteiger partial charge is 0.165 e. The van der Waals surface area contributed by atoms with Crippen LogP contribution >= 0.6 is 11.6 Å². The van der Waals surface area contributed by atoms with Gasteiger partial charge in [0.05, 0.1) is 12.7 Å². The van der Waals surface area contributed by atoms with Crippen LogP contribution in [0.2, 0.25) is 5.02 Å². The topological polar surface area (TPSA) is 61.7 Å². The van der Waals surface area contributed by atoms with Crippen LogP contribution in [0.3, 0.4) is 0 Å². The lowest BCUT2D eigenvalue weighted by Crippen LogP contribution is -2.21. The average molecular weight is 340 g/mol. The highest BCUT2D eigenvalue weighted by atomic mass is 35.5. The standard InChI is InChI=1S/C17H19ClFNO3/c18-14-4-2-1-3-13(14)16(22)11-20-10-12-5-6-17(15(19)9-12)23-8-7-21/h1-6,9,16,20-22H,7-8,10-11H2. The van der Waals surface area contributed by atoms with Crippen molar-refractivity contribution < 1.29 is 19.3 Å². The molecule has 0 spiro atoms. The Morgan fingerprint density at radius 3 is 2.70 bits per heavy atom. The Labute approximate surface area is 139 Å². The molecule has 4 nitrogen and oxygen atoms in total. The van der Waals surface area contributed by atoms with Gasteiger partial charge in [0.25, 0.3) is 0 Å². The van der Waals surface area contributed by atoms with Gasteiger partial charge in [0.15, 0.2) is 11.6 Å². The van der Waals surface area contributed by atoms with E-state index in [1.807, 2.05) is 6.07 Å². The van der Waals surface area contributed by atoms with Gasteiger partial charge < -0.3 is 20.3 Å². The molecular weight excluding hydrogens is 321 g/mol. The summed E-state index contributed by atoms with van der Waals surface area (Å²) in [5.41, 5.74) is 1.38. The molecule has 1 unspecified atom stereocenters. The second-order valence-corrected chi connectivity index (χ2v) is 5.41. The van der Waals surface area contributed by atoms with Gasteiger partial charge >= 0.3 is 0 Å². The number of nitrogens with one attached hydrogen (secondary N) is 1. The number of benzene rings is 2. The zero-order chi connectivity index (χ0) is 16.7. The normalized spacial score (nSPS) is 12.2. The molecule has 23 heavy (non-hydrogen) atoms. The quantitative estimate of drug-likeness (QED) is 0.692. The van der Waals surface area contributed by atoms with Gasteiger partial charge in [0.1, 0.15) is 6.61 Å². The first-order valence-corrected chi connectivity index (χ1v) is 7.65. The van der Waals surface area contributed by atoms with E-state index in [0.29, 0.717) is 23.7 Å². The van der Waals surface area contributed by atoms with Crippen LogP contribution in [-0.4, -0.2) is 30.0 Å². The third-order valence-electron chi connectivity index (χ3n) is 3.28. The van der Waals surface area contributed by atoms with Crippen LogP contribution in [0.1, 0.15) is 17.2 Å². The van der Waals surface area contributed by atoms with E-state index in [4.69, 9.17) is 21.4 Å². The molecule has 0 saturated carbocycles. The summed E-state index contributed by atoms with van der Waals surface area (Å²) >= 11 is 6.03. The van der Waals surface area contributed by atoms with Crippen molar-refractivity contribution in [3.8, 4) is 5.75 Å². The minimum atomic E-state index is -0.735. The number of aliphatic hydroxyl groups is 2. The third kappa shape index (κ3) is 5.18. The Bertz CT molecular complexity index is 639. The van der Waals surface area contributed by atoms with Crippen LogP contribution in [-0.2, 0) is 6.54 Å². The van der Waals surface area contributed by atoms with Gasteiger partial charge in [-0.15, -0.1) is 0 Å². The summed E-state index contributed by atoms with van der Waals surface area (Å²) in [6.45, 7) is 0.591. The SMILES string of the molecule is OCCOc1ccc(CNCC(O)c2ccccc2Cl)cc1F. The third-order valence-corrected chi connectivity index (χ3v) is 3.62. The first-order valence-electron chi connectivity index (χ1n) is 7.27. The molecule has 2 aromatic carbocycles. The maximum atomic E-state index is 13.8. The molecule has 0 fully saturated rings. The summed E-state index contributed by atoms with van der Waals surface area (Å²) in [6, 6.07) is 11.7. The van der Waals surface area contributed by atoms with Crippen LogP contribution < -0.4 is 10.1 Å². The molecule has 2 rings (SSSR count). The zero-order valence-corrected chi connectivity index (χ0v) is 13.3. The highest BCUT2D eigenvalue weighted by Crippen LogP contribution is 2.22. The summed E-state index contributed by atoms with van der Waals surface area (Å²) < 4.78 is 18.8. The van der Waals surface area contributed by atoms with Crippen LogP contribution in [0.4, 0.5) is 4.39 Å². The Kier molecular flexibility index (Phi) is 6.80. The molecule has 0 amide bonds. The summed E-state index contributed by atoms with van der Waals surface area (Å²) in [4.78, 5) is 0. The maximum absolute atomic E-state index is 13.8. The van der Waals surface area contributed by atoms with Crippen molar-refractivity contribution in [2.24, 2.45) is 0 Å². The predicted octanol–water partition coefficient (Wildman–Crippen LogP) is 2.67. The molecule has 0 aromatic heterocycles. The van der Waals surface area contributed by atoms with Gasteiger partial charge in [0.2, 0.25) is 0 Å². The fourth-order valence-electron chi connectivity index (χ4n) is 2.14. The number of hydrogen-bond donors (Lipinski definition) is 3. The fraction of sp³-hybridized carbons (Fsp3) is 0.294. The summed E-state index contributed by atoms with van der Waals surface area (Å²) in [5, 5.41) is 22.3. The van der Waals surface area contributed by atoms with Gasteiger partial charge in [-0.1, -0.05) is 35.9 Å². The van der Waals surface area contributed by atoms with Gasteiger partial charge in [-0.3, -0.25) is 0 Å². The van der Waals surface area contributed by atoms with Crippen molar-refractivity contribution in [1.29, 1.82) is 0 Å². The minimum Gasteiger partial charge on any atom is -0.488 e. The average Bonchev–Trinajstić information content (AvgIpc) is 2.54. The molecule has 0 saturated heterocycles. The predicted molar refractivity (Wildman–Crippen MR) is 87.1 cm³/mol. The van der Waals surface area contributed by atoms with Gasteiger partial charge in [-0.05, 0) is 23.8 Å². The Morgan fingerprint density at radius 1 is 1.22 bits per heavy atom. The van der Waals surface area contributed by atoms with Gasteiger partial charge in [-0.25, -0.2) is 4.39 Å². The molecule has 1 atom stereocenters. The van der Waals surface area contributed by atoms with E-state index in [9.17, 15) is 9.50 Å². The van der Waals surface area contributed by atoms with Gasteiger partial charge in [-0.2, -0.15) is 0 Å². The molecule has 0 radical (unpaired) electrons. The van der Waals surface area contributed by atoms with E-state index < -0.39 is 11.9 Å². The van der Waals surface area contributed by atoms with E-state index in [1.165, 1.54) is 12.1 Å². The van der Waals surface area contributed by atoms with Crippen LogP contribution in [0.5, 0.6) is 5.75 Å². The van der Waals surface area contributed by atoms with Crippen molar-refractivity contribution in [1.82, 2.24) is 5.32 Å². The molecular formula is C17H19ClFNO3. The van der Waals surface area contributed by atoms with Crippen molar-refractivity contribution in [3.63, 3.8) is 0 Å². The highest BCUT2D eigenvalue weighted by molar-refractivity contribution is 6.31. The molecule has 0 aliphatic carbocycles. The second-order valence-electron chi connectivity index (χ2n) is 5.01. The molecule has 2 aromatic rings. The Morgan fingerprint density at radius 2 is 2.00 bits per heavy atom. The van der Waals surface area contributed by atoms with Crippen molar-refractivity contribution in [2.45, 2.75) is 12.6 Å². The molecule has 0 bridgehead atoms. The largest absolute Gasteiger partial charge is 0.488 e. The van der Waals surface area contributed by atoms with Crippen LogP contribution in [0, 0.1) is 5.82 Å². The van der Waals surface area contributed by atoms with E-state index in [-0.39, 0.29) is 19.0 Å². The van der Waals surface area contributed by atoms with Crippen molar-refractivity contribution in [2.75, 3.05) is 19.8 Å². The number of ether oxygens (including phenoxy) is 1. The summed E-state index contributed by atoms with van der Waals surface area (Å²) in [7, 11) is 0. The molecule has 0 aliphatic heterocycles. The lowest BCUT2D eigenvalue weighted by Gasteiger charge is -2.14. The molecule has 0 aliphatic rings. The summed E-state index contributed by atoms with van der Waals surface area (Å²) in [6.07, 6.45) is -0.735. The number of hydrogen-bond acceptors (Lipinski definition) is 4. The molecule has 0 heterocycles. The zero-order valence-electron chi connectivity index (χ0n) is 12.5. The monoisotopic (exact) mass is 339 g/mol. The second kappa shape index (κ2) is 8.84. The number of halogens is 2. The van der Waals surface area contributed by atoms with Crippen LogP contribution in [0.25, 0.3) is 0 Å². The van der Waals surface area contributed by atoms with Crippen LogP contribution in [0.15, 0.2) is 42.5 Å². The lowest BCUT2D eigenvalue weighted by atomic mass is 10.1. The highest BCUT2D eigenvalue weighted by Gasteiger charge is 2.11.